The number of hydrogen-bond donors (Lipinski definition) is 2. The molecule has 2 aromatic heterocycles. The summed E-state index contributed by atoms with van der Waals surface area (Å²) >= 11 is 1.52. The number of nitrogens with zero attached hydrogens (tertiary/aromatic N) is 2. The number of amides is 1. The molecule has 0 aliphatic heterocycles. The van der Waals surface area contributed by atoms with Gasteiger partial charge in [0.15, 0.2) is 0 Å². The van der Waals surface area contributed by atoms with Crippen LogP contribution in [-0.2, 0) is 16.0 Å². The van der Waals surface area contributed by atoms with Crippen LogP contribution in [0.3, 0.4) is 0 Å². The smallest absolute Gasteiger partial charge is 0.303 e. The monoisotopic (exact) mass is 337 g/mol. The van der Waals surface area contributed by atoms with Crippen molar-refractivity contribution in [2.45, 2.75) is 45.1 Å². The molecule has 23 heavy (non-hydrogen) atoms. The number of nitrogens with one attached hydrogen (secondary N) is 1. The largest absolute Gasteiger partial charge is 0.481 e. The van der Waals surface area contributed by atoms with Gasteiger partial charge in [0, 0.05) is 24.8 Å². The summed E-state index contributed by atoms with van der Waals surface area (Å²) in [5, 5.41) is 17.3. The maximum Gasteiger partial charge on any atom is 0.303 e. The van der Waals surface area contributed by atoms with Gasteiger partial charge in [-0.15, -0.1) is 11.3 Å². The third kappa shape index (κ3) is 5.48. The molecule has 0 aliphatic carbocycles. The van der Waals surface area contributed by atoms with Gasteiger partial charge in [0.05, 0.1) is 4.88 Å². The Hall–Kier alpha value is -2.22. The van der Waals surface area contributed by atoms with Crippen molar-refractivity contribution in [3.8, 4) is 10.7 Å². The maximum absolute atomic E-state index is 12.0. The molecule has 2 heterocycles. The van der Waals surface area contributed by atoms with Gasteiger partial charge in [-0.3, -0.25) is 9.59 Å². The molecule has 2 rings (SSSR count). The minimum atomic E-state index is -0.876. The Morgan fingerprint density at radius 1 is 1.39 bits per heavy atom. The van der Waals surface area contributed by atoms with Gasteiger partial charge in [0.2, 0.25) is 17.6 Å². The average molecular weight is 337 g/mol. The fourth-order valence-electron chi connectivity index (χ4n) is 2.00. The summed E-state index contributed by atoms with van der Waals surface area (Å²) in [6, 6.07) is 3.81. The molecule has 2 N–H and O–H groups in total. The molecule has 8 heteroatoms. The van der Waals surface area contributed by atoms with Crippen LogP contribution in [0.4, 0.5) is 0 Å². The highest BCUT2D eigenvalue weighted by Gasteiger charge is 2.21. The number of carboxylic acids is 1. The number of hydrogen-bond acceptors (Lipinski definition) is 6. The van der Waals surface area contributed by atoms with Crippen LogP contribution in [0.1, 0.15) is 39.0 Å². The van der Waals surface area contributed by atoms with Crippen molar-refractivity contribution in [2.75, 3.05) is 0 Å². The molecule has 0 bridgehead atoms. The van der Waals surface area contributed by atoms with Crippen LogP contribution in [0.2, 0.25) is 0 Å². The number of carbonyl (C=O) groups excluding carboxylic acids is 1. The summed E-state index contributed by atoms with van der Waals surface area (Å²) in [5.74, 6) is -0.111. The zero-order chi connectivity index (χ0) is 16.9. The van der Waals surface area contributed by atoms with Gasteiger partial charge in [-0.25, -0.2) is 0 Å². The first-order valence-corrected chi connectivity index (χ1v) is 8.13. The van der Waals surface area contributed by atoms with E-state index in [0.717, 1.165) is 4.88 Å². The van der Waals surface area contributed by atoms with Crippen LogP contribution < -0.4 is 5.32 Å². The Morgan fingerprint density at radius 2 is 2.17 bits per heavy atom. The van der Waals surface area contributed by atoms with E-state index in [1.807, 2.05) is 17.5 Å². The lowest BCUT2D eigenvalue weighted by Crippen LogP contribution is -2.43. The molecular weight excluding hydrogens is 318 g/mol. The molecule has 0 unspecified atom stereocenters. The number of aryl methyl sites for hydroxylation is 1. The fourth-order valence-corrected chi connectivity index (χ4v) is 2.65. The van der Waals surface area contributed by atoms with Crippen molar-refractivity contribution in [2.24, 2.45) is 0 Å². The highest BCUT2D eigenvalue weighted by atomic mass is 32.1. The molecule has 0 radical (unpaired) electrons. The highest BCUT2D eigenvalue weighted by Crippen LogP contribution is 2.21. The van der Waals surface area contributed by atoms with Gasteiger partial charge < -0.3 is 14.9 Å². The van der Waals surface area contributed by atoms with E-state index >= 15 is 0 Å². The van der Waals surface area contributed by atoms with E-state index in [2.05, 4.69) is 15.5 Å². The summed E-state index contributed by atoms with van der Waals surface area (Å²) in [7, 11) is 0. The third-order valence-electron chi connectivity index (χ3n) is 3.22. The number of carboxylic acid groups (broad SMARTS) is 1. The van der Waals surface area contributed by atoms with E-state index in [1.54, 1.807) is 13.8 Å². The molecule has 0 saturated heterocycles. The summed E-state index contributed by atoms with van der Waals surface area (Å²) < 4.78 is 5.14. The highest BCUT2D eigenvalue weighted by molar-refractivity contribution is 7.13. The van der Waals surface area contributed by atoms with Crippen molar-refractivity contribution in [3.63, 3.8) is 0 Å². The molecule has 1 amide bonds. The fraction of sp³-hybridized carbons (Fsp3) is 0.467. The van der Waals surface area contributed by atoms with E-state index in [9.17, 15) is 9.59 Å². The van der Waals surface area contributed by atoms with Gasteiger partial charge in [0.1, 0.15) is 0 Å². The maximum atomic E-state index is 12.0. The molecule has 0 aliphatic rings. The van der Waals surface area contributed by atoms with E-state index < -0.39 is 11.5 Å². The van der Waals surface area contributed by atoms with Gasteiger partial charge in [-0.1, -0.05) is 11.2 Å². The van der Waals surface area contributed by atoms with Crippen LogP contribution in [-0.4, -0.2) is 32.7 Å². The van der Waals surface area contributed by atoms with Crippen LogP contribution in [0.15, 0.2) is 22.0 Å². The second-order valence-corrected chi connectivity index (χ2v) is 6.76. The molecule has 0 atom stereocenters. The number of aromatic nitrogens is 2. The topological polar surface area (TPSA) is 105 Å². The Labute approximate surface area is 137 Å². The van der Waals surface area contributed by atoms with E-state index in [-0.39, 0.29) is 18.7 Å². The van der Waals surface area contributed by atoms with Crippen LogP contribution in [0.5, 0.6) is 0 Å². The molecule has 0 aromatic carbocycles. The predicted molar refractivity (Wildman–Crippen MR) is 85.0 cm³/mol. The van der Waals surface area contributed by atoms with Crippen LogP contribution in [0, 0.1) is 0 Å². The van der Waals surface area contributed by atoms with E-state index in [4.69, 9.17) is 9.63 Å². The summed E-state index contributed by atoms with van der Waals surface area (Å²) in [4.78, 5) is 27.7. The van der Waals surface area contributed by atoms with E-state index in [1.165, 1.54) is 11.3 Å². The summed E-state index contributed by atoms with van der Waals surface area (Å²) in [5.41, 5.74) is -0.563. The normalized spacial score (nSPS) is 11.4. The lowest BCUT2D eigenvalue weighted by Gasteiger charge is -2.25. The van der Waals surface area contributed by atoms with Crippen LogP contribution >= 0.6 is 11.3 Å². The van der Waals surface area contributed by atoms with Crippen molar-refractivity contribution in [1.82, 2.24) is 15.5 Å². The number of rotatable bonds is 8. The van der Waals surface area contributed by atoms with Gasteiger partial charge in [-0.05, 0) is 31.7 Å². The first-order chi connectivity index (χ1) is 10.9. The Morgan fingerprint density at radius 3 is 2.83 bits per heavy atom. The quantitative estimate of drug-likeness (QED) is 0.766. The van der Waals surface area contributed by atoms with Gasteiger partial charge >= 0.3 is 5.97 Å². The minimum absolute atomic E-state index is 0.0150. The average Bonchev–Trinajstić information content (AvgIpc) is 3.13. The zero-order valence-electron chi connectivity index (χ0n) is 13.0. The molecule has 0 saturated carbocycles. The Balaban J connectivity index is 1.81. The zero-order valence-corrected chi connectivity index (χ0v) is 13.9. The molecular formula is C15H19N3O4S. The van der Waals surface area contributed by atoms with Crippen molar-refractivity contribution in [1.29, 1.82) is 0 Å². The third-order valence-corrected chi connectivity index (χ3v) is 4.08. The number of thiophene rings is 1. The standard InChI is InChI=1S/C15H19N3O4S/c1-15(2,8-7-13(20)21)17-11(19)5-6-12-16-14(18-22-12)10-4-3-9-23-10/h3-4,9H,5-8H2,1-2H3,(H,17,19)(H,20,21). The Kier molecular flexibility index (Phi) is 5.49. The first-order valence-electron chi connectivity index (χ1n) is 7.25. The Bertz CT molecular complexity index is 664. The van der Waals surface area contributed by atoms with Gasteiger partial charge in [0.25, 0.3) is 0 Å². The molecule has 0 spiro atoms. The van der Waals surface area contributed by atoms with Crippen molar-refractivity contribution >= 4 is 23.2 Å². The lowest BCUT2D eigenvalue weighted by molar-refractivity contribution is -0.137. The molecule has 0 fully saturated rings. The molecule has 124 valence electrons. The summed E-state index contributed by atoms with van der Waals surface area (Å²) in [6.45, 7) is 3.60. The lowest BCUT2D eigenvalue weighted by atomic mass is 9.98. The molecule has 7 nitrogen and oxygen atoms in total. The molecule has 2 aromatic rings. The summed E-state index contributed by atoms with van der Waals surface area (Å²) in [6.07, 6.45) is 0.945. The SMILES string of the molecule is CC(C)(CCC(=O)O)NC(=O)CCc1nc(-c2cccs2)no1. The van der Waals surface area contributed by atoms with Crippen LogP contribution in [0.25, 0.3) is 10.7 Å². The minimum Gasteiger partial charge on any atom is -0.481 e. The van der Waals surface area contributed by atoms with Crippen molar-refractivity contribution in [3.05, 3.63) is 23.4 Å². The number of carbonyl (C=O) groups is 2. The van der Waals surface area contributed by atoms with Crippen molar-refractivity contribution < 1.29 is 19.2 Å². The van der Waals surface area contributed by atoms with E-state index in [0.29, 0.717) is 24.6 Å². The second kappa shape index (κ2) is 7.36. The predicted octanol–water partition coefficient (Wildman–Crippen LogP) is 2.49. The first kappa shape index (κ1) is 17.1. The number of aliphatic carboxylic acids is 1. The van der Waals surface area contributed by atoms with Gasteiger partial charge in [-0.2, -0.15) is 4.98 Å². The second-order valence-electron chi connectivity index (χ2n) is 5.81.